The Kier molecular flexibility index (Phi) is 6.11. The second-order valence-corrected chi connectivity index (χ2v) is 6.50. The second kappa shape index (κ2) is 8.70. The highest BCUT2D eigenvalue weighted by molar-refractivity contribution is 5.92. The van der Waals surface area contributed by atoms with Crippen LogP contribution in [0.2, 0.25) is 0 Å². The van der Waals surface area contributed by atoms with Crippen molar-refractivity contribution >= 4 is 11.9 Å². The highest BCUT2D eigenvalue weighted by atomic mass is 16.5. The molecule has 0 aliphatic carbocycles. The van der Waals surface area contributed by atoms with Gasteiger partial charge in [-0.1, -0.05) is 32.4 Å². The van der Waals surface area contributed by atoms with Crippen molar-refractivity contribution < 1.29 is 14.3 Å². The third-order valence-corrected chi connectivity index (χ3v) is 4.41. The Bertz CT molecular complexity index is 811. The summed E-state index contributed by atoms with van der Waals surface area (Å²) in [5.41, 5.74) is 2.20. The summed E-state index contributed by atoms with van der Waals surface area (Å²) in [6, 6.07) is 7.36. The van der Waals surface area contributed by atoms with Gasteiger partial charge in [0.05, 0.1) is 18.8 Å². The molecule has 1 aliphatic heterocycles. The van der Waals surface area contributed by atoms with E-state index in [0.717, 1.165) is 36.3 Å². The Morgan fingerprint density at radius 2 is 1.96 bits per heavy atom. The fourth-order valence-electron chi connectivity index (χ4n) is 3.02. The molecule has 1 aromatic heterocycles. The van der Waals surface area contributed by atoms with Crippen LogP contribution in [0.1, 0.15) is 51.6 Å². The summed E-state index contributed by atoms with van der Waals surface area (Å²) in [5, 5.41) is 7.46. The van der Waals surface area contributed by atoms with Crippen molar-refractivity contribution in [1.29, 1.82) is 0 Å². The van der Waals surface area contributed by atoms with Gasteiger partial charge in [0.15, 0.2) is 0 Å². The lowest BCUT2D eigenvalue weighted by molar-refractivity contribution is -0.139. The Balaban J connectivity index is 1.92. The highest BCUT2D eigenvalue weighted by Gasteiger charge is 2.34. The predicted molar refractivity (Wildman–Crippen MR) is 103 cm³/mol. The van der Waals surface area contributed by atoms with Gasteiger partial charge in [0.25, 0.3) is 0 Å². The minimum atomic E-state index is -0.391. The first kappa shape index (κ1) is 18.9. The first-order chi connectivity index (χ1) is 13.2. The van der Waals surface area contributed by atoms with Crippen LogP contribution in [0.4, 0.5) is 5.95 Å². The molecule has 1 aromatic carbocycles. The summed E-state index contributed by atoms with van der Waals surface area (Å²) < 4.78 is 12.9. The van der Waals surface area contributed by atoms with Crippen molar-refractivity contribution in [2.75, 3.05) is 18.5 Å². The number of unbranched alkanes of at least 4 members (excludes halogenated alkanes) is 1. The summed E-state index contributed by atoms with van der Waals surface area (Å²) in [6.45, 7) is 7.08. The molecule has 0 fully saturated rings. The van der Waals surface area contributed by atoms with Gasteiger partial charge in [-0.3, -0.25) is 0 Å². The van der Waals surface area contributed by atoms with Crippen LogP contribution in [0.5, 0.6) is 5.75 Å². The summed E-state index contributed by atoms with van der Waals surface area (Å²) in [4.78, 5) is 17.0. The molecule has 0 radical (unpaired) electrons. The van der Waals surface area contributed by atoms with E-state index >= 15 is 0 Å². The Hall–Kier alpha value is -2.83. The van der Waals surface area contributed by atoms with Crippen LogP contribution >= 0.6 is 0 Å². The van der Waals surface area contributed by atoms with Gasteiger partial charge in [-0.15, -0.1) is 0 Å². The minimum Gasteiger partial charge on any atom is -0.494 e. The van der Waals surface area contributed by atoms with Crippen LogP contribution in [0.3, 0.4) is 0 Å². The molecule has 0 amide bonds. The fourth-order valence-corrected chi connectivity index (χ4v) is 3.02. The van der Waals surface area contributed by atoms with Crippen molar-refractivity contribution in [3.8, 4) is 5.75 Å². The van der Waals surface area contributed by atoms with E-state index in [4.69, 9.17) is 9.47 Å². The summed E-state index contributed by atoms with van der Waals surface area (Å²) in [6.07, 6.45) is 4.24. The first-order valence-electron chi connectivity index (χ1n) is 9.42. The lowest BCUT2D eigenvalue weighted by Gasteiger charge is -2.28. The van der Waals surface area contributed by atoms with Crippen molar-refractivity contribution in [3.63, 3.8) is 0 Å². The number of nitrogens with one attached hydrogen (secondary N) is 1. The highest BCUT2D eigenvalue weighted by Crippen LogP contribution is 2.35. The number of fused-ring (bicyclic) bond motifs is 1. The van der Waals surface area contributed by atoms with Gasteiger partial charge in [0.2, 0.25) is 5.95 Å². The van der Waals surface area contributed by atoms with E-state index in [1.54, 1.807) is 4.68 Å². The number of carbonyl (C=O) groups is 1. The van der Waals surface area contributed by atoms with Crippen LogP contribution in [-0.2, 0) is 9.53 Å². The van der Waals surface area contributed by atoms with Crippen LogP contribution in [0.15, 0.2) is 41.9 Å². The van der Waals surface area contributed by atoms with Crippen LogP contribution in [0, 0.1) is 0 Å². The average Bonchev–Trinajstić information content (AvgIpc) is 3.13. The van der Waals surface area contributed by atoms with E-state index in [1.165, 1.54) is 6.33 Å². The maximum atomic E-state index is 12.8. The number of anilines is 1. The standard InChI is InChI=1S/C20H26N4O3/c1-4-6-12-27-19(25)17-14(3)23-20-21-13-22-24(20)18(17)15-7-9-16(10-8-15)26-11-5-2/h7-10,13,18H,4-6,11-12H2,1-3H3,(H,21,22,23). The average molecular weight is 370 g/mol. The van der Waals surface area contributed by atoms with Gasteiger partial charge in [0.1, 0.15) is 18.1 Å². The molecule has 1 aliphatic rings. The topological polar surface area (TPSA) is 78.3 Å². The molecule has 0 spiro atoms. The molecule has 3 rings (SSSR count). The van der Waals surface area contributed by atoms with Gasteiger partial charge in [0, 0.05) is 5.70 Å². The van der Waals surface area contributed by atoms with E-state index < -0.39 is 6.04 Å². The van der Waals surface area contributed by atoms with Crippen molar-refractivity contribution in [2.45, 2.75) is 46.1 Å². The van der Waals surface area contributed by atoms with Crippen molar-refractivity contribution in [3.05, 3.63) is 47.4 Å². The number of hydrogen-bond donors (Lipinski definition) is 1. The van der Waals surface area contributed by atoms with Crippen LogP contribution < -0.4 is 10.1 Å². The van der Waals surface area contributed by atoms with E-state index in [2.05, 4.69) is 29.2 Å². The molecule has 7 nitrogen and oxygen atoms in total. The minimum absolute atomic E-state index is 0.328. The quantitative estimate of drug-likeness (QED) is 0.564. The third-order valence-electron chi connectivity index (χ3n) is 4.41. The van der Waals surface area contributed by atoms with Crippen LogP contribution in [-0.4, -0.2) is 33.9 Å². The van der Waals surface area contributed by atoms with E-state index in [0.29, 0.717) is 24.7 Å². The Morgan fingerprint density at radius 1 is 1.19 bits per heavy atom. The number of nitrogens with zero attached hydrogens (tertiary/aromatic N) is 3. The maximum Gasteiger partial charge on any atom is 0.338 e. The molecular formula is C20H26N4O3. The lowest BCUT2D eigenvalue weighted by Crippen LogP contribution is -2.29. The maximum absolute atomic E-state index is 12.8. The number of ether oxygens (including phenoxy) is 2. The van der Waals surface area contributed by atoms with Gasteiger partial charge in [-0.2, -0.15) is 10.1 Å². The molecule has 27 heavy (non-hydrogen) atoms. The number of allylic oxidation sites excluding steroid dienone is 1. The molecule has 2 heterocycles. The monoisotopic (exact) mass is 370 g/mol. The summed E-state index contributed by atoms with van der Waals surface area (Å²) in [7, 11) is 0. The van der Waals surface area contributed by atoms with Gasteiger partial charge in [-0.05, 0) is 37.5 Å². The smallest absolute Gasteiger partial charge is 0.338 e. The number of esters is 1. The summed E-state index contributed by atoms with van der Waals surface area (Å²) in [5.74, 6) is 1.08. The number of hydrogen-bond acceptors (Lipinski definition) is 6. The molecule has 0 bridgehead atoms. The number of aromatic nitrogens is 3. The summed E-state index contributed by atoms with van der Waals surface area (Å²) >= 11 is 0. The Labute approximate surface area is 159 Å². The zero-order valence-electron chi connectivity index (χ0n) is 16.1. The van der Waals surface area contributed by atoms with E-state index in [-0.39, 0.29) is 5.97 Å². The third kappa shape index (κ3) is 4.13. The number of rotatable bonds is 8. The number of benzene rings is 1. The second-order valence-electron chi connectivity index (χ2n) is 6.50. The molecule has 144 valence electrons. The van der Waals surface area contributed by atoms with E-state index in [9.17, 15) is 4.79 Å². The molecule has 1 atom stereocenters. The predicted octanol–water partition coefficient (Wildman–Crippen LogP) is 3.70. The fraction of sp³-hybridized carbons (Fsp3) is 0.450. The Morgan fingerprint density at radius 3 is 2.67 bits per heavy atom. The normalized spacial score (nSPS) is 15.9. The lowest BCUT2D eigenvalue weighted by atomic mass is 9.96. The molecule has 1 N–H and O–H groups in total. The van der Waals surface area contributed by atoms with Gasteiger partial charge >= 0.3 is 5.97 Å². The van der Waals surface area contributed by atoms with Gasteiger partial charge < -0.3 is 14.8 Å². The van der Waals surface area contributed by atoms with Crippen molar-refractivity contribution in [1.82, 2.24) is 14.8 Å². The number of carbonyl (C=O) groups excluding carboxylic acids is 1. The SMILES string of the molecule is CCCCOC(=O)C1=C(C)Nc2ncnn2C1c1ccc(OCCC)cc1. The first-order valence-corrected chi connectivity index (χ1v) is 9.42. The van der Waals surface area contributed by atoms with E-state index in [1.807, 2.05) is 31.2 Å². The molecular weight excluding hydrogens is 344 g/mol. The molecule has 7 heteroatoms. The van der Waals surface area contributed by atoms with Crippen molar-refractivity contribution in [2.24, 2.45) is 0 Å². The molecule has 2 aromatic rings. The molecule has 1 unspecified atom stereocenters. The largest absolute Gasteiger partial charge is 0.494 e. The zero-order chi connectivity index (χ0) is 19.2. The van der Waals surface area contributed by atoms with Gasteiger partial charge in [-0.25, -0.2) is 9.48 Å². The molecule has 0 saturated heterocycles. The molecule has 0 saturated carbocycles. The van der Waals surface area contributed by atoms with Crippen LogP contribution in [0.25, 0.3) is 0 Å². The zero-order valence-corrected chi connectivity index (χ0v) is 16.1.